The number of piperidine rings is 1. The van der Waals surface area contributed by atoms with Crippen molar-refractivity contribution < 1.29 is 9.84 Å². The lowest BCUT2D eigenvalue weighted by molar-refractivity contribution is 0.114. The zero-order valence-electron chi connectivity index (χ0n) is 17.9. The molecular formula is C23H24N6O2S. The Labute approximate surface area is 189 Å². The maximum atomic E-state index is 10.3. The number of aromatic nitrogens is 3. The third-order valence-electron chi connectivity index (χ3n) is 5.57. The van der Waals surface area contributed by atoms with Gasteiger partial charge in [-0.05, 0) is 56.7 Å². The minimum atomic E-state index is -0.0588. The van der Waals surface area contributed by atoms with E-state index in [1.807, 2.05) is 31.2 Å². The molecule has 0 unspecified atom stereocenters. The fraction of sp³-hybridized carbons (Fsp3) is 0.304. The lowest BCUT2D eigenvalue weighted by Crippen LogP contribution is -2.35. The molecule has 164 valence electrons. The summed E-state index contributed by atoms with van der Waals surface area (Å²) in [6.45, 7) is 4.16. The summed E-state index contributed by atoms with van der Waals surface area (Å²) in [6.07, 6.45) is 9.34. The van der Waals surface area contributed by atoms with Gasteiger partial charge in [0.25, 0.3) is 0 Å². The lowest BCUT2D eigenvalue weighted by atomic mass is 10.1. The summed E-state index contributed by atoms with van der Waals surface area (Å²) in [7, 11) is 2.15. The minimum Gasteiger partial charge on any atom is -0.492 e. The van der Waals surface area contributed by atoms with Gasteiger partial charge in [-0.15, -0.1) is 0 Å². The molecule has 1 saturated heterocycles. The fourth-order valence-corrected chi connectivity index (χ4v) is 4.53. The SMILES string of the molecule is Cc1cc(OC2CCN(C)CC2)ccc1Nc1nc(O)c(/C=c2\ncc3c(n2)N=CC=3)s1. The van der Waals surface area contributed by atoms with Gasteiger partial charge in [-0.3, -0.25) is 0 Å². The van der Waals surface area contributed by atoms with Crippen LogP contribution < -0.4 is 20.8 Å². The molecule has 3 aromatic rings. The van der Waals surface area contributed by atoms with E-state index < -0.39 is 0 Å². The number of rotatable bonds is 5. The topological polar surface area (TPSA) is 95.8 Å². The molecule has 8 nitrogen and oxygen atoms in total. The molecule has 2 aliphatic heterocycles. The third-order valence-corrected chi connectivity index (χ3v) is 6.47. The number of aromatic hydroxyl groups is 1. The fourth-order valence-electron chi connectivity index (χ4n) is 3.72. The number of aliphatic imine (C=N–C) groups is 1. The molecule has 0 aliphatic carbocycles. The molecule has 1 aromatic carbocycles. The number of nitrogens with zero attached hydrogens (tertiary/aromatic N) is 5. The number of ether oxygens (including phenoxy) is 1. The number of benzene rings is 1. The highest BCUT2D eigenvalue weighted by molar-refractivity contribution is 7.16. The first kappa shape index (κ1) is 20.6. The van der Waals surface area contributed by atoms with Crippen LogP contribution >= 0.6 is 11.3 Å². The van der Waals surface area contributed by atoms with Gasteiger partial charge in [-0.1, -0.05) is 11.3 Å². The maximum Gasteiger partial charge on any atom is 0.231 e. The monoisotopic (exact) mass is 448 g/mol. The van der Waals surface area contributed by atoms with Crippen molar-refractivity contribution in [2.45, 2.75) is 25.9 Å². The zero-order chi connectivity index (χ0) is 22.1. The van der Waals surface area contributed by atoms with Gasteiger partial charge < -0.3 is 20.1 Å². The molecule has 4 heterocycles. The third kappa shape index (κ3) is 4.49. The predicted octanol–water partition coefficient (Wildman–Crippen LogP) is 2.49. The van der Waals surface area contributed by atoms with Crippen LogP contribution in [-0.2, 0) is 0 Å². The summed E-state index contributed by atoms with van der Waals surface area (Å²) in [4.78, 5) is 20.0. The van der Waals surface area contributed by atoms with E-state index in [9.17, 15) is 5.11 Å². The van der Waals surface area contributed by atoms with Crippen molar-refractivity contribution in [3.05, 3.63) is 45.5 Å². The average molecular weight is 449 g/mol. The second kappa shape index (κ2) is 8.68. The van der Waals surface area contributed by atoms with Crippen molar-refractivity contribution in [2.75, 3.05) is 25.5 Å². The molecule has 2 N–H and O–H groups in total. The van der Waals surface area contributed by atoms with E-state index in [1.54, 1.807) is 18.5 Å². The van der Waals surface area contributed by atoms with Gasteiger partial charge in [0.15, 0.2) is 16.4 Å². The van der Waals surface area contributed by atoms with E-state index in [0.29, 0.717) is 21.3 Å². The molecule has 0 saturated carbocycles. The zero-order valence-corrected chi connectivity index (χ0v) is 18.8. The van der Waals surface area contributed by atoms with Crippen molar-refractivity contribution in [3.63, 3.8) is 0 Å². The first-order valence-corrected chi connectivity index (χ1v) is 11.4. The van der Waals surface area contributed by atoms with E-state index in [4.69, 9.17) is 4.74 Å². The highest BCUT2D eigenvalue weighted by Gasteiger charge is 2.18. The van der Waals surface area contributed by atoms with Crippen LogP contribution in [0, 0.1) is 6.92 Å². The van der Waals surface area contributed by atoms with Crippen molar-refractivity contribution >= 4 is 46.3 Å². The largest absolute Gasteiger partial charge is 0.492 e. The van der Waals surface area contributed by atoms with Crippen LogP contribution in [0.25, 0.3) is 12.2 Å². The van der Waals surface area contributed by atoms with Crippen LogP contribution in [0.5, 0.6) is 11.6 Å². The number of fused-ring (bicyclic) bond motifs is 1. The molecule has 0 atom stereocenters. The quantitative estimate of drug-likeness (QED) is 0.619. The molecule has 0 radical (unpaired) electrons. The Hall–Kier alpha value is -3.30. The highest BCUT2D eigenvalue weighted by atomic mass is 32.1. The van der Waals surface area contributed by atoms with Gasteiger partial charge in [0.1, 0.15) is 11.9 Å². The number of nitrogens with one attached hydrogen (secondary N) is 1. The summed E-state index contributed by atoms with van der Waals surface area (Å²) in [6, 6.07) is 6.00. The van der Waals surface area contributed by atoms with Gasteiger partial charge in [-0.2, -0.15) is 4.98 Å². The summed E-state index contributed by atoms with van der Waals surface area (Å²) >= 11 is 1.33. The van der Waals surface area contributed by atoms with Crippen LogP contribution in [0.4, 0.5) is 16.6 Å². The van der Waals surface area contributed by atoms with Crippen LogP contribution in [-0.4, -0.2) is 57.4 Å². The Balaban J connectivity index is 1.30. The molecule has 5 rings (SSSR count). The molecule has 9 heteroatoms. The Kier molecular flexibility index (Phi) is 5.59. The van der Waals surface area contributed by atoms with E-state index in [1.165, 1.54) is 11.3 Å². The smallest absolute Gasteiger partial charge is 0.231 e. The van der Waals surface area contributed by atoms with E-state index in [0.717, 1.165) is 48.2 Å². The first-order chi connectivity index (χ1) is 15.5. The van der Waals surface area contributed by atoms with Gasteiger partial charge in [0.05, 0.1) is 4.88 Å². The number of hydrogen-bond donors (Lipinski definition) is 2. The predicted molar refractivity (Wildman–Crippen MR) is 127 cm³/mol. The summed E-state index contributed by atoms with van der Waals surface area (Å²) in [5, 5.41) is 15.1. The van der Waals surface area contributed by atoms with Crippen LogP contribution in [0.15, 0.2) is 29.4 Å². The summed E-state index contributed by atoms with van der Waals surface area (Å²) < 4.78 is 6.17. The standard InChI is InChI=1S/C23H24N6O2S/c1-14-11-17(31-16-6-9-29(2)10-7-16)3-4-18(14)26-23-28-22(30)19(32-23)12-20-25-13-15-5-8-24-21(15)27-20/h3-5,8,11-13,16,30H,6-7,9-10H2,1-2H3,(H,26,28)/b20-12+. The summed E-state index contributed by atoms with van der Waals surface area (Å²) in [5.41, 5.74) is 2.44. The second-order valence-electron chi connectivity index (χ2n) is 8.03. The lowest BCUT2D eigenvalue weighted by Gasteiger charge is -2.29. The molecule has 2 aromatic heterocycles. The molecule has 0 spiro atoms. The minimum absolute atomic E-state index is 0.0588. The number of anilines is 2. The summed E-state index contributed by atoms with van der Waals surface area (Å²) in [5.74, 6) is 1.45. The Morgan fingerprint density at radius 3 is 2.91 bits per heavy atom. The average Bonchev–Trinajstić information content (AvgIpc) is 3.38. The van der Waals surface area contributed by atoms with E-state index in [-0.39, 0.29) is 12.0 Å². The van der Waals surface area contributed by atoms with Crippen molar-refractivity contribution in [2.24, 2.45) is 4.99 Å². The van der Waals surface area contributed by atoms with Crippen molar-refractivity contribution in [1.82, 2.24) is 19.9 Å². The van der Waals surface area contributed by atoms with E-state index in [2.05, 4.69) is 37.2 Å². The number of aryl methyl sites for hydroxylation is 1. The molecule has 2 aliphatic rings. The molecule has 32 heavy (non-hydrogen) atoms. The van der Waals surface area contributed by atoms with E-state index >= 15 is 0 Å². The van der Waals surface area contributed by atoms with Gasteiger partial charge in [0.2, 0.25) is 5.88 Å². The molecule has 0 amide bonds. The van der Waals surface area contributed by atoms with Gasteiger partial charge in [-0.25, -0.2) is 15.0 Å². The molecule has 0 bridgehead atoms. The van der Waals surface area contributed by atoms with Crippen molar-refractivity contribution in [3.8, 4) is 11.6 Å². The number of thiazole rings is 1. The number of likely N-dealkylation sites (tertiary alicyclic amines) is 1. The normalized spacial score (nSPS) is 16.8. The second-order valence-corrected chi connectivity index (χ2v) is 9.06. The highest BCUT2D eigenvalue weighted by Crippen LogP contribution is 2.32. The van der Waals surface area contributed by atoms with Crippen LogP contribution in [0.2, 0.25) is 0 Å². The maximum absolute atomic E-state index is 10.3. The molecule has 1 fully saturated rings. The Bertz CT molecular complexity index is 1290. The molecular weight excluding hydrogens is 424 g/mol. The number of hydrogen-bond acceptors (Lipinski definition) is 9. The Morgan fingerprint density at radius 1 is 1.25 bits per heavy atom. The Morgan fingerprint density at radius 2 is 2.09 bits per heavy atom. The van der Waals surface area contributed by atoms with Crippen LogP contribution in [0.1, 0.15) is 23.3 Å². The van der Waals surface area contributed by atoms with Gasteiger partial charge >= 0.3 is 0 Å². The van der Waals surface area contributed by atoms with Crippen LogP contribution in [0.3, 0.4) is 0 Å². The first-order valence-electron chi connectivity index (χ1n) is 10.6. The van der Waals surface area contributed by atoms with Crippen molar-refractivity contribution in [1.29, 1.82) is 0 Å². The van der Waals surface area contributed by atoms with Gasteiger partial charge in [0, 0.05) is 42.5 Å².